The second-order valence-corrected chi connectivity index (χ2v) is 7.93. The van der Waals surface area contributed by atoms with E-state index in [2.05, 4.69) is 29.4 Å². The van der Waals surface area contributed by atoms with E-state index in [0.29, 0.717) is 27.2 Å². The van der Waals surface area contributed by atoms with Gasteiger partial charge in [-0.05, 0) is 36.2 Å². The fraction of sp³-hybridized carbons (Fsp3) is 0.200. The van der Waals surface area contributed by atoms with E-state index in [-0.39, 0.29) is 17.3 Å². The summed E-state index contributed by atoms with van der Waals surface area (Å²) in [5.41, 5.74) is 1.08. The largest absolute Gasteiger partial charge is 0.296 e. The summed E-state index contributed by atoms with van der Waals surface area (Å²) < 4.78 is 0. The van der Waals surface area contributed by atoms with Crippen LogP contribution in [-0.2, 0) is 6.42 Å². The Balaban J connectivity index is 1.82. The lowest BCUT2D eigenvalue weighted by molar-refractivity contribution is 0.0996. The van der Waals surface area contributed by atoms with Crippen LogP contribution in [0.5, 0.6) is 0 Å². The molecule has 1 aromatic heterocycles. The van der Waals surface area contributed by atoms with Gasteiger partial charge < -0.3 is 0 Å². The van der Waals surface area contributed by atoms with Crippen LogP contribution in [0.2, 0.25) is 5.02 Å². The van der Waals surface area contributed by atoms with Crippen molar-refractivity contribution < 1.29 is 9.59 Å². The number of carbonyl (C=O) groups excluding carboxylic acids is 2. The van der Waals surface area contributed by atoms with Crippen LogP contribution in [0.1, 0.15) is 45.1 Å². The molecule has 27 heavy (non-hydrogen) atoms. The normalized spacial score (nSPS) is 10.8. The van der Waals surface area contributed by atoms with E-state index >= 15 is 0 Å². The minimum absolute atomic E-state index is 0.241. The molecule has 5 nitrogen and oxygen atoms in total. The van der Waals surface area contributed by atoms with Crippen molar-refractivity contribution in [2.75, 3.05) is 5.32 Å². The average molecular weight is 400 g/mol. The maximum atomic E-state index is 12.8. The Morgan fingerprint density at radius 3 is 2.37 bits per heavy atom. The highest BCUT2D eigenvalue weighted by Crippen LogP contribution is 2.21. The Morgan fingerprint density at radius 1 is 1.04 bits per heavy atom. The number of benzene rings is 2. The van der Waals surface area contributed by atoms with Crippen molar-refractivity contribution in [1.29, 1.82) is 0 Å². The third-order valence-electron chi connectivity index (χ3n) is 3.79. The summed E-state index contributed by atoms with van der Waals surface area (Å²) in [5.74, 6) is -0.172. The number of nitrogens with one attached hydrogen (secondary N) is 1. The first-order valence-electron chi connectivity index (χ1n) is 8.47. The molecule has 3 aromatic rings. The number of hydrogen-bond acceptors (Lipinski definition) is 5. The molecule has 0 unspecified atom stereocenters. The first-order valence-corrected chi connectivity index (χ1v) is 9.66. The molecule has 0 saturated carbocycles. The van der Waals surface area contributed by atoms with Crippen molar-refractivity contribution in [3.05, 3.63) is 75.3 Å². The van der Waals surface area contributed by atoms with E-state index in [9.17, 15) is 9.59 Å². The summed E-state index contributed by atoms with van der Waals surface area (Å²) in [4.78, 5) is 25.5. The molecule has 1 amide bonds. The van der Waals surface area contributed by atoms with E-state index in [0.717, 1.165) is 11.4 Å². The Bertz CT molecular complexity index is 967. The van der Waals surface area contributed by atoms with Crippen molar-refractivity contribution >= 4 is 39.8 Å². The smallest absolute Gasteiger partial charge is 0.258 e. The van der Waals surface area contributed by atoms with Crippen LogP contribution < -0.4 is 5.32 Å². The number of amides is 1. The Kier molecular flexibility index (Phi) is 5.98. The first-order chi connectivity index (χ1) is 12.9. The fourth-order valence-corrected chi connectivity index (χ4v) is 3.61. The number of anilines is 1. The molecule has 7 heteroatoms. The van der Waals surface area contributed by atoms with Crippen LogP contribution in [0, 0.1) is 5.92 Å². The maximum Gasteiger partial charge on any atom is 0.258 e. The third kappa shape index (κ3) is 4.78. The van der Waals surface area contributed by atoms with Gasteiger partial charge in [0.15, 0.2) is 5.78 Å². The lowest BCUT2D eigenvalue weighted by Crippen LogP contribution is -2.16. The molecule has 3 rings (SSSR count). The Labute approximate surface area is 166 Å². The Morgan fingerprint density at radius 2 is 1.70 bits per heavy atom. The van der Waals surface area contributed by atoms with Gasteiger partial charge in [0.1, 0.15) is 5.01 Å². The van der Waals surface area contributed by atoms with Gasteiger partial charge in [0, 0.05) is 22.6 Å². The molecule has 0 atom stereocenters. The van der Waals surface area contributed by atoms with Crippen molar-refractivity contribution in [3.8, 4) is 0 Å². The zero-order chi connectivity index (χ0) is 19.4. The van der Waals surface area contributed by atoms with E-state index in [4.69, 9.17) is 11.6 Å². The molecule has 0 spiro atoms. The van der Waals surface area contributed by atoms with E-state index in [1.807, 2.05) is 0 Å². The molecular formula is C20H18ClN3O2S. The van der Waals surface area contributed by atoms with Crippen LogP contribution in [-0.4, -0.2) is 21.9 Å². The summed E-state index contributed by atoms with van der Waals surface area (Å²) >= 11 is 7.22. The fourth-order valence-electron chi connectivity index (χ4n) is 2.54. The van der Waals surface area contributed by atoms with Crippen LogP contribution >= 0.6 is 22.9 Å². The van der Waals surface area contributed by atoms with Crippen molar-refractivity contribution in [3.63, 3.8) is 0 Å². The minimum atomic E-state index is -0.389. The zero-order valence-corrected chi connectivity index (χ0v) is 16.5. The number of aromatic nitrogens is 2. The second kappa shape index (κ2) is 8.41. The number of halogens is 1. The van der Waals surface area contributed by atoms with E-state index in [1.165, 1.54) is 11.3 Å². The van der Waals surface area contributed by atoms with Gasteiger partial charge in [0.05, 0.1) is 5.56 Å². The highest BCUT2D eigenvalue weighted by molar-refractivity contribution is 7.15. The van der Waals surface area contributed by atoms with Gasteiger partial charge in [-0.25, -0.2) is 0 Å². The molecule has 0 aliphatic carbocycles. The zero-order valence-electron chi connectivity index (χ0n) is 14.9. The molecule has 138 valence electrons. The predicted octanol–water partition coefficient (Wildman–Crippen LogP) is 4.87. The van der Waals surface area contributed by atoms with Crippen molar-refractivity contribution in [2.45, 2.75) is 20.3 Å². The van der Waals surface area contributed by atoms with Crippen molar-refractivity contribution in [1.82, 2.24) is 10.2 Å². The monoisotopic (exact) mass is 399 g/mol. The molecule has 1 N–H and O–H groups in total. The van der Waals surface area contributed by atoms with Gasteiger partial charge in [-0.15, -0.1) is 10.2 Å². The topological polar surface area (TPSA) is 72.0 Å². The van der Waals surface area contributed by atoms with Gasteiger partial charge >= 0.3 is 0 Å². The highest BCUT2D eigenvalue weighted by Gasteiger charge is 2.19. The quantitative estimate of drug-likeness (QED) is 0.600. The van der Waals surface area contributed by atoms with Crippen LogP contribution in [0.4, 0.5) is 5.13 Å². The Hall–Kier alpha value is -2.57. The third-order valence-corrected chi connectivity index (χ3v) is 4.91. The summed E-state index contributed by atoms with van der Waals surface area (Å²) in [7, 11) is 0. The molecule has 0 aliphatic heterocycles. The molecule has 1 heterocycles. The molecule has 0 aliphatic rings. The van der Waals surface area contributed by atoms with Crippen LogP contribution in [0.25, 0.3) is 0 Å². The summed E-state index contributed by atoms with van der Waals surface area (Å²) in [6, 6.07) is 13.3. The molecule has 2 aromatic carbocycles. The van der Waals surface area contributed by atoms with Gasteiger partial charge in [0.2, 0.25) is 5.13 Å². The van der Waals surface area contributed by atoms with Crippen LogP contribution in [0.15, 0.2) is 48.5 Å². The van der Waals surface area contributed by atoms with Crippen LogP contribution in [0.3, 0.4) is 0 Å². The number of hydrogen-bond donors (Lipinski definition) is 1. The summed E-state index contributed by atoms with van der Waals surface area (Å²) in [5, 5.41) is 12.7. The SMILES string of the molecule is CC(C)Cc1nnc(NC(=O)c2ccccc2C(=O)c2ccc(Cl)cc2)s1. The first kappa shape index (κ1) is 19.2. The van der Waals surface area contributed by atoms with Crippen molar-refractivity contribution in [2.24, 2.45) is 5.92 Å². The highest BCUT2D eigenvalue weighted by atomic mass is 35.5. The number of ketones is 1. The molecule has 0 saturated heterocycles. The lowest BCUT2D eigenvalue weighted by Gasteiger charge is -2.08. The average Bonchev–Trinajstić information content (AvgIpc) is 3.07. The van der Waals surface area contributed by atoms with E-state index < -0.39 is 0 Å². The second-order valence-electron chi connectivity index (χ2n) is 6.43. The van der Waals surface area contributed by atoms with Gasteiger partial charge in [0.25, 0.3) is 5.91 Å². The maximum absolute atomic E-state index is 12.8. The van der Waals surface area contributed by atoms with E-state index in [1.54, 1.807) is 48.5 Å². The van der Waals surface area contributed by atoms with Gasteiger partial charge in [-0.2, -0.15) is 0 Å². The lowest BCUT2D eigenvalue weighted by atomic mass is 9.98. The number of carbonyl (C=O) groups is 2. The summed E-state index contributed by atoms with van der Waals surface area (Å²) in [6.07, 6.45) is 0.805. The van der Waals surface area contributed by atoms with Gasteiger partial charge in [-0.3, -0.25) is 14.9 Å². The number of nitrogens with zero attached hydrogens (tertiary/aromatic N) is 2. The minimum Gasteiger partial charge on any atom is -0.296 e. The molecule has 0 bridgehead atoms. The standard InChI is InChI=1S/C20H18ClN3O2S/c1-12(2)11-17-23-24-20(27-17)22-19(26)16-6-4-3-5-15(16)18(25)13-7-9-14(21)10-8-13/h3-10,12H,11H2,1-2H3,(H,22,24,26). The summed E-state index contributed by atoms with van der Waals surface area (Å²) in [6.45, 7) is 4.19. The molecular weight excluding hydrogens is 382 g/mol. The number of rotatable bonds is 6. The van der Waals surface area contributed by atoms with Gasteiger partial charge in [-0.1, -0.05) is 55.0 Å². The predicted molar refractivity (Wildman–Crippen MR) is 108 cm³/mol. The molecule has 0 fully saturated rings. The molecule has 0 radical (unpaired) electrons.